The third kappa shape index (κ3) is 5.07. The Bertz CT molecular complexity index is 291. The van der Waals surface area contributed by atoms with Crippen molar-refractivity contribution in [2.45, 2.75) is 19.8 Å². The minimum atomic E-state index is -0.254. The molecular weight excluding hydrogens is 211 g/mol. The Hall–Kier alpha value is -0.700. The number of rotatable bonds is 6. The summed E-state index contributed by atoms with van der Waals surface area (Å²) in [7, 11) is 0. The van der Waals surface area contributed by atoms with E-state index in [4.69, 9.17) is 4.74 Å². The third-order valence-electron chi connectivity index (χ3n) is 2.30. The van der Waals surface area contributed by atoms with Crippen molar-refractivity contribution in [2.24, 2.45) is 5.92 Å². The van der Waals surface area contributed by atoms with Crippen LogP contribution in [0.25, 0.3) is 0 Å². The quantitative estimate of drug-likeness (QED) is 0.733. The summed E-state index contributed by atoms with van der Waals surface area (Å²) >= 11 is 4.18. The molecule has 0 spiro atoms. The Morgan fingerprint density at radius 3 is 2.87 bits per heavy atom. The predicted octanol–water partition coefficient (Wildman–Crippen LogP) is 3.55. The number of hydrogen-bond acceptors (Lipinski definition) is 2. The van der Waals surface area contributed by atoms with E-state index in [9.17, 15) is 4.39 Å². The summed E-state index contributed by atoms with van der Waals surface area (Å²) in [6.45, 7) is 2.81. The van der Waals surface area contributed by atoms with Crippen LogP contribution in [0.4, 0.5) is 4.39 Å². The average molecular weight is 228 g/mol. The van der Waals surface area contributed by atoms with E-state index >= 15 is 0 Å². The van der Waals surface area contributed by atoms with Crippen LogP contribution in [0.5, 0.6) is 5.75 Å². The standard InChI is InChI=1S/C12H17FOS/c1-10(6-8-15)5-7-14-12-4-2-3-11(13)9-12/h2-4,9-10,15H,5-8H2,1H3. The van der Waals surface area contributed by atoms with E-state index in [2.05, 4.69) is 19.6 Å². The summed E-state index contributed by atoms with van der Waals surface area (Å²) in [5, 5.41) is 0. The Labute approximate surface area is 96.1 Å². The first-order valence-electron chi connectivity index (χ1n) is 5.21. The van der Waals surface area contributed by atoms with Gasteiger partial charge in [0.2, 0.25) is 0 Å². The molecule has 84 valence electrons. The van der Waals surface area contributed by atoms with Crippen LogP contribution in [-0.4, -0.2) is 12.4 Å². The number of halogens is 1. The van der Waals surface area contributed by atoms with E-state index < -0.39 is 0 Å². The fourth-order valence-electron chi connectivity index (χ4n) is 1.30. The van der Waals surface area contributed by atoms with Gasteiger partial charge in [0.25, 0.3) is 0 Å². The summed E-state index contributed by atoms with van der Waals surface area (Å²) in [5.41, 5.74) is 0. The molecule has 1 aromatic carbocycles. The van der Waals surface area contributed by atoms with Gasteiger partial charge < -0.3 is 4.74 Å². The van der Waals surface area contributed by atoms with Crippen LogP contribution in [-0.2, 0) is 0 Å². The molecule has 0 heterocycles. The number of thiol groups is 1. The molecule has 0 saturated heterocycles. The Morgan fingerprint density at radius 2 is 2.20 bits per heavy atom. The van der Waals surface area contributed by atoms with E-state index in [1.54, 1.807) is 12.1 Å². The molecule has 1 nitrogen and oxygen atoms in total. The first-order chi connectivity index (χ1) is 7.22. The maximum atomic E-state index is 12.8. The fraction of sp³-hybridized carbons (Fsp3) is 0.500. The molecule has 0 aromatic heterocycles. The number of ether oxygens (including phenoxy) is 1. The largest absolute Gasteiger partial charge is 0.493 e. The van der Waals surface area contributed by atoms with Crippen molar-refractivity contribution in [3.05, 3.63) is 30.1 Å². The zero-order chi connectivity index (χ0) is 11.1. The molecule has 0 aliphatic heterocycles. The van der Waals surface area contributed by atoms with Crippen LogP contribution in [0, 0.1) is 11.7 Å². The molecule has 1 atom stereocenters. The van der Waals surface area contributed by atoms with Crippen LogP contribution in [0.1, 0.15) is 19.8 Å². The molecule has 0 N–H and O–H groups in total. The van der Waals surface area contributed by atoms with Crippen molar-refractivity contribution in [2.75, 3.05) is 12.4 Å². The van der Waals surface area contributed by atoms with Crippen LogP contribution in [0.2, 0.25) is 0 Å². The van der Waals surface area contributed by atoms with E-state index in [0.717, 1.165) is 18.6 Å². The van der Waals surface area contributed by atoms with E-state index in [1.165, 1.54) is 12.1 Å². The van der Waals surface area contributed by atoms with Gasteiger partial charge in [-0.3, -0.25) is 0 Å². The second-order valence-corrected chi connectivity index (χ2v) is 4.16. The monoisotopic (exact) mass is 228 g/mol. The lowest BCUT2D eigenvalue weighted by molar-refractivity contribution is 0.281. The maximum absolute atomic E-state index is 12.8. The molecule has 3 heteroatoms. The molecular formula is C12H17FOS. The van der Waals surface area contributed by atoms with Crippen LogP contribution in [0.15, 0.2) is 24.3 Å². The molecule has 0 aliphatic carbocycles. The van der Waals surface area contributed by atoms with Gasteiger partial charge in [0.05, 0.1) is 6.61 Å². The molecule has 0 bridgehead atoms. The Balaban J connectivity index is 2.25. The lowest BCUT2D eigenvalue weighted by atomic mass is 10.1. The van der Waals surface area contributed by atoms with Crippen molar-refractivity contribution < 1.29 is 9.13 Å². The molecule has 1 rings (SSSR count). The fourth-order valence-corrected chi connectivity index (χ4v) is 1.74. The minimum Gasteiger partial charge on any atom is -0.493 e. The van der Waals surface area contributed by atoms with Gasteiger partial charge in [-0.05, 0) is 36.6 Å². The van der Waals surface area contributed by atoms with Gasteiger partial charge in [0.1, 0.15) is 11.6 Å². The number of hydrogen-bond donors (Lipinski definition) is 1. The lowest BCUT2D eigenvalue weighted by Gasteiger charge is -2.10. The number of benzene rings is 1. The SMILES string of the molecule is CC(CCS)CCOc1cccc(F)c1. The summed E-state index contributed by atoms with van der Waals surface area (Å²) in [5.74, 6) is 1.86. The topological polar surface area (TPSA) is 9.23 Å². The molecule has 0 saturated carbocycles. The molecule has 0 aliphatic rings. The summed E-state index contributed by atoms with van der Waals surface area (Å²) in [4.78, 5) is 0. The highest BCUT2D eigenvalue weighted by molar-refractivity contribution is 7.80. The maximum Gasteiger partial charge on any atom is 0.126 e. The van der Waals surface area contributed by atoms with Crippen molar-refractivity contribution in [3.8, 4) is 5.75 Å². The van der Waals surface area contributed by atoms with Gasteiger partial charge in [-0.15, -0.1) is 0 Å². The summed E-state index contributed by atoms with van der Waals surface area (Å²) < 4.78 is 18.2. The third-order valence-corrected chi connectivity index (χ3v) is 2.56. The Kier molecular flexibility index (Phi) is 5.54. The van der Waals surface area contributed by atoms with Gasteiger partial charge >= 0.3 is 0 Å². The van der Waals surface area contributed by atoms with Crippen molar-refractivity contribution >= 4 is 12.6 Å². The second-order valence-electron chi connectivity index (χ2n) is 3.71. The molecule has 1 unspecified atom stereocenters. The highest BCUT2D eigenvalue weighted by Crippen LogP contribution is 2.14. The smallest absolute Gasteiger partial charge is 0.126 e. The van der Waals surface area contributed by atoms with Gasteiger partial charge in [-0.2, -0.15) is 12.6 Å². The van der Waals surface area contributed by atoms with E-state index in [-0.39, 0.29) is 5.82 Å². The van der Waals surface area contributed by atoms with Gasteiger partial charge in [-0.25, -0.2) is 4.39 Å². The summed E-state index contributed by atoms with van der Waals surface area (Å²) in [6.07, 6.45) is 2.08. The van der Waals surface area contributed by atoms with Crippen LogP contribution in [0.3, 0.4) is 0 Å². The molecule has 0 radical (unpaired) electrons. The molecule has 0 amide bonds. The highest BCUT2D eigenvalue weighted by atomic mass is 32.1. The first-order valence-corrected chi connectivity index (χ1v) is 5.85. The minimum absolute atomic E-state index is 0.254. The Morgan fingerprint density at radius 1 is 1.40 bits per heavy atom. The molecule has 15 heavy (non-hydrogen) atoms. The first kappa shape index (κ1) is 12.4. The normalized spacial score (nSPS) is 12.5. The zero-order valence-corrected chi connectivity index (χ0v) is 9.84. The predicted molar refractivity (Wildman–Crippen MR) is 64.1 cm³/mol. The van der Waals surface area contributed by atoms with Crippen molar-refractivity contribution in [1.29, 1.82) is 0 Å². The van der Waals surface area contributed by atoms with Crippen LogP contribution < -0.4 is 4.74 Å². The van der Waals surface area contributed by atoms with Gasteiger partial charge in [0.15, 0.2) is 0 Å². The lowest BCUT2D eigenvalue weighted by Crippen LogP contribution is -2.04. The highest BCUT2D eigenvalue weighted by Gasteiger charge is 2.01. The second kappa shape index (κ2) is 6.72. The van der Waals surface area contributed by atoms with Gasteiger partial charge in [0, 0.05) is 6.07 Å². The van der Waals surface area contributed by atoms with Crippen molar-refractivity contribution in [1.82, 2.24) is 0 Å². The van der Waals surface area contributed by atoms with Crippen molar-refractivity contribution in [3.63, 3.8) is 0 Å². The average Bonchev–Trinajstić information content (AvgIpc) is 2.18. The molecule has 1 aromatic rings. The van der Waals surface area contributed by atoms with Crippen LogP contribution >= 0.6 is 12.6 Å². The van der Waals surface area contributed by atoms with E-state index in [1.807, 2.05) is 0 Å². The van der Waals surface area contributed by atoms with E-state index in [0.29, 0.717) is 18.3 Å². The van der Waals surface area contributed by atoms with Gasteiger partial charge in [-0.1, -0.05) is 13.0 Å². The summed E-state index contributed by atoms with van der Waals surface area (Å²) in [6, 6.07) is 6.24. The zero-order valence-electron chi connectivity index (χ0n) is 8.95. The molecule has 0 fully saturated rings.